The van der Waals surface area contributed by atoms with Gasteiger partial charge in [-0.1, -0.05) is 0 Å². The number of aliphatic hydroxyl groups is 1. The van der Waals surface area contributed by atoms with E-state index in [4.69, 9.17) is 10.8 Å². The van der Waals surface area contributed by atoms with Crippen LogP contribution in [-0.4, -0.2) is 26.3 Å². The molecular weight excluding hydrogens is 192 g/mol. The van der Waals surface area contributed by atoms with Crippen LogP contribution in [0.1, 0.15) is 17.8 Å². The highest BCUT2D eigenvalue weighted by Gasteiger charge is 2.04. The minimum atomic E-state index is 0.176. The molecule has 0 radical (unpaired) electrons. The number of fused-ring (bicyclic) bond motifs is 1. The van der Waals surface area contributed by atoms with E-state index in [9.17, 15) is 0 Å². The first-order valence-electron chi connectivity index (χ1n) is 4.98. The van der Waals surface area contributed by atoms with Crippen LogP contribution in [0.3, 0.4) is 0 Å². The van der Waals surface area contributed by atoms with Crippen molar-refractivity contribution in [2.45, 2.75) is 19.4 Å². The van der Waals surface area contributed by atoms with Crippen LogP contribution in [0, 0.1) is 0 Å². The van der Waals surface area contributed by atoms with Crippen molar-refractivity contribution in [3.05, 3.63) is 29.7 Å². The van der Waals surface area contributed by atoms with Crippen molar-refractivity contribution in [3.8, 4) is 0 Å². The molecule has 0 aliphatic carbocycles. The molecule has 80 valence electrons. The topological polar surface area (TPSA) is 76.4 Å². The van der Waals surface area contributed by atoms with E-state index in [1.165, 1.54) is 0 Å². The third-order valence-corrected chi connectivity index (χ3v) is 2.34. The fourth-order valence-corrected chi connectivity index (χ4v) is 1.52. The normalized spacial score (nSPS) is 11.1. The van der Waals surface area contributed by atoms with Gasteiger partial charge in [0.1, 0.15) is 5.82 Å². The summed E-state index contributed by atoms with van der Waals surface area (Å²) in [7, 11) is 0. The van der Waals surface area contributed by atoms with E-state index in [2.05, 4.69) is 10.2 Å². The Kier molecular flexibility index (Phi) is 2.94. The Morgan fingerprint density at radius 2 is 2.27 bits per heavy atom. The van der Waals surface area contributed by atoms with Gasteiger partial charge < -0.3 is 10.8 Å². The summed E-state index contributed by atoms with van der Waals surface area (Å²) in [6.07, 6.45) is 3.36. The summed E-state index contributed by atoms with van der Waals surface area (Å²) in [6.45, 7) is 0.686. The van der Waals surface area contributed by atoms with Gasteiger partial charge in [0.25, 0.3) is 0 Å². The summed E-state index contributed by atoms with van der Waals surface area (Å²) >= 11 is 0. The first kappa shape index (κ1) is 10.1. The van der Waals surface area contributed by atoms with E-state index in [1.807, 2.05) is 22.7 Å². The third kappa shape index (κ3) is 1.98. The lowest BCUT2D eigenvalue weighted by Gasteiger charge is -2.00. The first-order chi connectivity index (χ1) is 7.35. The number of nitrogens with two attached hydrogens (primary N) is 1. The Bertz CT molecular complexity index is 452. The third-order valence-electron chi connectivity index (χ3n) is 2.34. The van der Waals surface area contributed by atoms with Gasteiger partial charge in [0.05, 0.1) is 0 Å². The monoisotopic (exact) mass is 206 g/mol. The van der Waals surface area contributed by atoms with Crippen LogP contribution < -0.4 is 5.73 Å². The highest BCUT2D eigenvalue weighted by molar-refractivity contribution is 5.41. The molecule has 0 aromatic carbocycles. The zero-order valence-electron chi connectivity index (χ0n) is 8.43. The first-order valence-corrected chi connectivity index (χ1v) is 4.98. The van der Waals surface area contributed by atoms with Gasteiger partial charge in [0.15, 0.2) is 5.65 Å². The number of nitrogens with zero attached hydrogens (tertiary/aromatic N) is 3. The maximum absolute atomic E-state index is 8.75. The summed E-state index contributed by atoms with van der Waals surface area (Å²) in [5.41, 5.74) is 7.39. The fraction of sp³-hybridized carbons (Fsp3) is 0.400. The minimum Gasteiger partial charge on any atom is -0.396 e. The highest BCUT2D eigenvalue weighted by Crippen LogP contribution is 2.08. The second kappa shape index (κ2) is 4.37. The molecule has 0 amide bonds. The smallest absolute Gasteiger partial charge is 0.161 e. The van der Waals surface area contributed by atoms with Crippen LogP contribution in [-0.2, 0) is 13.0 Å². The Morgan fingerprint density at radius 1 is 1.40 bits per heavy atom. The van der Waals surface area contributed by atoms with Gasteiger partial charge in [-0.25, -0.2) is 0 Å². The molecule has 5 heteroatoms. The number of hydrogen-bond donors (Lipinski definition) is 2. The summed E-state index contributed by atoms with van der Waals surface area (Å²) in [6, 6.07) is 3.88. The highest BCUT2D eigenvalue weighted by atomic mass is 16.2. The van der Waals surface area contributed by atoms with Crippen molar-refractivity contribution >= 4 is 5.65 Å². The molecule has 0 saturated heterocycles. The van der Waals surface area contributed by atoms with Crippen LogP contribution in [0.2, 0.25) is 0 Å². The predicted octanol–water partition coefficient (Wildman–Crippen LogP) is 0.113. The van der Waals surface area contributed by atoms with Gasteiger partial charge in [-0.2, -0.15) is 0 Å². The zero-order chi connectivity index (χ0) is 10.7. The van der Waals surface area contributed by atoms with Crippen LogP contribution in [0.15, 0.2) is 18.3 Å². The molecule has 0 aliphatic rings. The van der Waals surface area contributed by atoms with Gasteiger partial charge in [0.2, 0.25) is 0 Å². The van der Waals surface area contributed by atoms with Crippen molar-refractivity contribution in [1.29, 1.82) is 0 Å². The average Bonchev–Trinajstić information content (AvgIpc) is 2.68. The second-order valence-electron chi connectivity index (χ2n) is 3.41. The average molecular weight is 206 g/mol. The molecular formula is C10H14N4O. The second-order valence-corrected chi connectivity index (χ2v) is 3.41. The summed E-state index contributed by atoms with van der Waals surface area (Å²) < 4.78 is 1.93. The molecule has 3 N–H and O–H groups in total. The maximum Gasteiger partial charge on any atom is 0.161 e. The van der Waals surface area contributed by atoms with Crippen LogP contribution in [0.25, 0.3) is 5.65 Å². The minimum absolute atomic E-state index is 0.176. The van der Waals surface area contributed by atoms with Crippen molar-refractivity contribution < 1.29 is 5.11 Å². The lowest BCUT2D eigenvalue weighted by Crippen LogP contribution is -1.99. The SMILES string of the molecule is NCc1ccn2c(CCCO)nnc2c1. The number of aromatic nitrogens is 3. The van der Waals surface area contributed by atoms with Crippen molar-refractivity contribution in [1.82, 2.24) is 14.6 Å². The Labute approximate surface area is 87.6 Å². The number of aliphatic hydroxyl groups excluding tert-OH is 1. The Hall–Kier alpha value is -1.46. The van der Waals surface area contributed by atoms with E-state index >= 15 is 0 Å². The number of hydrogen-bond acceptors (Lipinski definition) is 4. The molecule has 0 unspecified atom stereocenters. The van der Waals surface area contributed by atoms with Crippen LogP contribution in [0.5, 0.6) is 0 Å². The molecule has 0 atom stereocenters. The molecule has 2 heterocycles. The van der Waals surface area contributed by atoms with Gasteiger partial charge in [0, 0.05) is 25.8 Å². The van der Waals surface area contributed by atoms with Crippen molar-refractivity contribution in [2.75, 3.05) is 6.61 Å². The molecule has 5 nitrogen and oxygen atoms in total. The molecule has 0 spiro atoms. The number of rotatable bonds is 4. The zero-order valence-corrected chi connectivity index (χ0v) is 8.43. The molecule has 0 bridgehead atoms. The predicted molar refractivity (Wildman–Crippen MR) is 56.3 cm³/mol. The van der Waals surface area contributed by atoms with E-state index in [1.54, 1.807) is 0 Å². The molecule has 2 rings (SSSR count). The summed E-state index contributed by atoms with van der Waals surface area (Å²) in [4.78, 5) is 0. The molecule has 2 aromatic heterocycles. The van der Waals surface area contributed by atoms with Gasteiger partial charge >= 0.3 is 0 Å². The molecule has 0 fully saturated rings. The number of aryl methyl sites for hydroxylation is 1. The van der Waals surface area contributed by atoms with E-state index in [-0.39, 0.29) is 6.61 Å². The van der Waals surface area contributed by atoms with Crippen LogP contribution >= 0.6 is 0 Å². The van der Waals surface area contributed by atoms with E-state index in [0.717, 1.165) is 23.5 Å². The van der Waals surface area contributed by atoms with Crippen LogP contribution in [0.4, 0.5) is 0 Å². The Balaban J connectivity index is 2.34. The summed E-state index contributed by atoms with van der Waals surface area (Å²) in [5, 5.41) is 16.9. The maximum atomic E-state index is 8.75. The molecule has 2 aromatic rings. The van der Waals surface area contributed by atoms with E-state index in [0.29, 0.717) is 13.0 Å². The molecule has 15 heavy (non-hydrogen) atoms. The lowest BCUT2D eigenvalue weighted by molar-refractivity contribution is 0.287. The van der Waals surface area contributed by atoms with Crippen molar-refractivity contribution in [2.24, 2.45) is 5.73 Å². The van der Waals surface area contributed by atoms with Crippen molar-refractivity contribution in [3.63, 3.8) is 0 Å². The fourth-order valence-electron chi connectivity index (χ4n) is 1.52. The van der Waals surface area contributed by atoms with Gasteiger partial charge in [-0.05, 0) is 24.1 Å². The standard InChI is InChI=1S/C10H14N4O/c11-7-8-3-4-14-9(2-1-5-15)12-13-10(14)6-8/h3-4,6,15H,1-2,5,7,11H2. The van der Waals surface area contributed by atoms with Gasteiger partial charge in [-0.15, -0.1) is 10.2 Å². The molecule has 0 saturated carbocycles. The van der Waals surface area contributed by atoms with Gasteiger partial charge in [-0.3, -0.25) is 4.40 Å². The largest absolute Gasteiger partial charge is 0.396 e. The Morgan fingerprint density at radius 3 is 3.00 bits per heavy atom. The molecule has 0 aliphatic heterocycles. The number of pyridine rings is 1. The summed E-state index contributed by atoms with van der Waals surface area (Å²) in [5.74, 6) is 0.877. The van der Waals surface area contributed by atoms with E-state index < -0.39 is 0 Å². The lowest BCUT2D eigenvalue weighted by atomic mass is 10.2. The quantitative estimate of drug-likeness (QED) is 0.744.